The van der Waals surface area contributed by atoms with Crippen molar-refractivity contribution in [3.63, 3.8) is 0 Å². The predicted molar refractivity (Wildman–Crippen MR) is 99.2 cm³/mol. The first-order valence-corrected chi connectivity index (χ1v) is 8.32. The number of carbonyl (C=O) groups is 1. The summed E-state index contributed by atoms with van der Waals surface area (Å²) >= 11 is 0. The Balaban J connectivity index is 1.64. The van der Waals surface area contributed by atoms with Gasteiger partial charge in [0.05, 0.1) is 24.7 Å². The van der Waals surface area contributed by atoms with E-state index in [4.69, 9.17) is 4.74 Å². The number of para-hydroxylation sites is 1. The van der Waals surface area contributed by atoms with Crippen LogP contribution >= 0.6 is 0 Å². The molecule has 1 N–H and O–H groups in total. The topological polar surface area (TPSA) is 73.2 Å². The van der Waals surface area contributed by atoms with Gasteiger partial charge in [-0.05, 0) is 36.4 Å². The van der Waals surface area contributed by atoms with E-state index < -0.39 is 0 Å². The number of benzene rings is 2. The summed E-state index contributed by atoms with van der Waals surface area (Å²) in [7, 11) is 1.50. The highest BCUT2D eigenvalue weighted by Crippen LogP contribution is 2.17. The van der Waals surface area contributed by atoms with Gasteiger partial charge in [0.2, 0.25) is 0 Å². The molecule has 0 fully saturated rings. The molecule has 0 atom stereocenters. The van der Waals surface area contributed by atoms with E-state index in [0.717, 1.165) is 0 Å². The SMILES string of the molecule is COc1ccccc1C(=O)NCCn1cnc(-c2ccc(F)cc2)cc1=O. The number of carbonyl (C=O) groups excluding carboxylic acids is 1. The summed E-state index contributed by atoms with van der Waals surface area (Å²) in [6.07, 6.45) is 1.41. The number of halogens is 1. The highest BCUT2D eigenvalue weighted by atomic mass is 19.1. The molecule has 0 saturated carbocycles. The molecule has 3 rings (SSSR count). The van der Waals surface area contributed by atoms with E-state index in [-0.39, 0.29) is 30.4 Å². The third-order valence-corrected chi connectivity index (χ3v) is 4.01. The van der Waals surface area contributed by atoms with Crippen molar-refractivity contribution in [2.45, 2.75) is 6.54 Å². The summed E-state index contributed by atoms with van der Waals surface area (Å²) in [4.78, 5) is 28.7. The second kappa shape index (κ2) is 8.27. The Labute approximate surface area is 155 Å². The molecule has 0 bridgehead atoms. The molecule has 1 heterocycles. The number of rotatable bonds is 6. The van der Waals surface area contributed by atoms with Crippen LogP contribution in [0.5, 0.6) is 5.75 Å². The van der Waals surface area contributed by atoms with Crippen molar-refractivity contribution in [1.82, 2.24) is 14.9 Å². The normalized spacial score (nSPS) is 10.4. The van der Waals surface area contributed by atoms with E-state index in [0.29, 0.717) is 22.6 Å². The summed E-state index contributed by atoms with van der Waals surface area (Å²) in [5.74, 6) is -0.147. The van der Waals surface area contributed by atoms with Gasteiger partial charge < -0.3 is 10.1 Å². The Hall–Kier alpha value is -3.48. The molecule has 0 aliphatic carbocycles. The average Bonchev–Trinajstić information content (AvgIpc) is 2.69. The molecule has 0 spiro atoms. The smallest absolute Gasteiger partial charge is 0.255 e. The standard InChI is InChI=1S/C20H18FN3O3/c1-27-18-5-3-2-4-16(18)20(26)22-10-11-24-13-23-17(12-19(24)25)14-6-8-15(21)9-7-14/h2-9,12-13H,10-11H2,1H3,(H,22,26). The first-order chi connectivity index (χ1) is 13.1. The molecule has 2 aromatic carbocycles. The zero-order valence-corrected chi connectivity index (χ0v) is 14.7. The largest absolute Gasteiger partial charge is 0.496 e. The minimum absolute atomic E-state index is 0.254. The molecule has 138 valence electrons. The van der Waals surface area contributed by atoms with Crippen molar-refractivity contribution >= 4 is 5.91 Å². The number of hydrogen-bond acceptors (Lipinski definition) is 4. The monoisotopic (exact) mass is 367 g/mol. The fourth-order valence-electron chi connectivity index (χ4n) is 2.59. The molecular formula is C20H18FN3O3. The molecule has 0 radical (unpaired) electrons. The molecule has 1 aromatic heterocycles. The first-order valence-electron chi connectivity index (χ1n) is 8.32. The van der Waals surface area contributed by atoms with Crippen LogP contribution < -0.4 is 15.6 Å². The molecule has 0 unspecified atom stereocenters. The fraction of sp³-hybridized carbons (Fsp3) is 0.150. The van der Waals surface area contributed by atoms with Gasteiger partial charge in [0.25, 0.3) is 11.5 Å². The van der Waals surface area contributed by atoms with Gasteiger partial charge in [-0.15, -0.1) is 0 Å². The van der Waals surface area contributed by atoms with Gasteiger partial charge in [-0.1, -0.05) is 12.1 Å². The van der Waals surface area contributed by atoms with Crippen LogP contribution in [0.3, 0.4) is 0 Å². The summed E-state index contributed by atoms with van der Waals surface area (Å²) in [5, 5.41) is 2.75. The summed E-state index contributed by atoms with van der Waals surface area (Å²) in [6, 6.07) is 14.0. The maximum Gasteiger partial charge on any atom is 0.255 e. The number of amides is 1. The highest BCUT2D eigenvalue weighted by molar-refractivity contribution is 5.96. The molecule has 6 nitrogen and oxygen atoms in total. The Bertz CT molecular complexity index is 1000. The number of hydrogen-bond donors (Lipinski definition) is 1. The Morgan fingerprint density at radius 2 is 1.93 bits per heavy atom. The van der Waals surface area contributed by atoms with Gasteiger partial charge in [-0.25, -0.2) is 9.37 Å². The van der Waals surface area contributed by atoms with Crippen LogP contribution in [0.4, 0.5) is 4.39 Å². The maximum absolute atomic E-state index is 13.0. The second-order valence-electron chi connectivity index (χ2n) is 5.77. The summed E-state index contributed by atoms with van der Waals surface area (Å²) < 4.78 is 19.6. The van der Waals surface area contributed by atoms with Crippen molar-refractivity contribution in [2.24, 2.45) is 0 Å². The molecule has 3 aromatic rings. The molecule has 27 heavy (non-hydrogen) atoms. The van der Waals surface area contributed by atoms with Crippen LogP contribution in [0.1, 0.15) is 10.4 Å². The van der Waals surface area contributed by atoms with Crippen molar-refractivity contribution in [3.05, 3.63) is 82.7 Å². The third kappa shape index (κ3) is 4.38. The zero-order chi connectivity index (χ0) is 19.2. The van der Waals surface area contributed by atoms with Crippen molar-refractivity contribution in [1.29, 1.82) is 0 Å². The Morgan fingerprint density at radius 3 is 2.63 bits per heavy atom. The van der Waals surface area contributed by atoms with Crippen molar-refractivity contribution < 1.29 is 13.9 Å². The number of nitrogens with zero attached hydrogens (tertiary/aromatic N) is 2. The minimum Gasteiger partial charge on any atom is -0.496 e. The van der Waals surface area contributed by atoms with Crippen LogP contribution in [0.2, 0.25) is 0 Å². The number of ether oxygens (including phenoxy) is 1. The maximum atomic E-state index is 13.0. The van der Waals surface area contributed by atoms with Crippen LogP contribution in [0.15, 0.2) is 65.7 Å². The van der Waals surface area contributed by atoms with Crippen LogP contribution in [-0.2, 0) is 6.54 Å². The average molecular weight is 367 g/mol. The Morgan fingerprint density at radius 1 is 1.19 bits per heavy atom. The summed E-state index contributed by atoms with van der Waals surface area (Å²) in [6.45, 7) is 0.533. The Kier molecular flexibility index (Phi) is 5.61. The van der Waals surface area contributed by atoms with Crippen LogP contribution in [0, 0.1) is 5.82 Å². The molecule has 0 saturated heterocycles. The van der Waals surface area contributed by atoms with Gasteiger partial charge in [-0.2, -0.15) is 0 Å². The van der Waals surface area contributed by atoms with E-state index >= 15 is 0 Å². The van der Waals surface area contributed by atoms with Gasteiger partial charge >= 0.3 is 0 Å². The lowest BCUT2D eigenvalue weighted by Crippen LogP contribution is -2.31. The summed E-state index contributed by atoms with van der Waals surface area (Å²) in [5.41, 5.74) is 1.30. The van der Waals surface area contributed by atoms with E-state index in [1.54, 1.807) is 36.4 Å². The van der Waals surface area contributed by atoms with Gasteiger partial charge in [0, 0.05) is 24.7 Å². The van der Waals surface area contributed by atoms with Gasteiger partial charge in [-0.3, -0.25) is 14.2 Å². The van der Waals surface area contributed by atoms with Crippen molar-refractivity contribution in [2.75, 3.05) is 13.7 Å². The highest BCUT2D eigenvalue weighted by Gasteiger charge is 2.11. The lowest BCUT2D eigenvalue weighted by atomic mass is 10.1. The van der Waals surface area contributed by atoms with E-state index in [2.05, 4.69) is 10.3 Å². The number of aromatic nitrogens is 2. The van der Waals surface area contributed by atoms with E-state index in [1.165, 1.54) is 36.2 Å². The van der Waals surface area contributed by atoms with Crippen molar-refractivity contribution in [3.8, 4) is 17.0 Å². The lowest BCUT2D eigenvalue weighted by molar-refractivity contribution is 0.0949. The molecule has 0 aliphatic heterocycles. The second-order valence-corrected chi connectivity index (χ2v) is 5.77. The third-order valence-electron chi connectivity index (χ3n) is 4.01. The fourth-order valence-corrected chi connectivity index (χ4v) is 2.59. The predicted octanol–water partition coefficient (Wildman–Crippen LogP) is 2.49. The number of nitrogens with one attached hydrogen (secondary N) is 1. The minimum atomic E-state index is -0.349. The molecule has 7 heteroatoms. The molecular weight excluding hydrogens is 349 g/mol. The van der Waals surface area contributed by atoms with Gasteiger partial charge in [0.15, 0.2) is 0 Å². The zero-order valence-electron chi connectivity index (χ0n) is 14.7. The quantitative estimate of drug-likeness (QED) is 0.727. The first kappa shape index (κ1) is 18.3. The lowest BCUT2D eigenvalue weighted by Gasteiger charge is -2.10. The van der Waals surface area contributed by atoms with E-state index in [9.17, 15) is 14.0 Å². The molecule has 1 amide bonds. The van der Waals surface area contributed by atoms with E-state index in [1.807, 2.05) is 0 Å². The van der Waals surface area contributed by atoms with Gasteiger partial charge in [0.1, 0.15) is 11.6 Å². The van der Waals surface area contributed by atoms with Crippen LogP contribution in [0.25, 0.3) is 11.3 Å². The number of methoxy groups -OCH3 is 1. The molecule has 0 aliphatic rings. The van der Waals surface area contributed by atoms with Crippen LogP contribution in [-0.4, -0.2) is 29.1 Å².